The smallest absolute Gasteiger partial charge is 0.303 e. The monoisotopic (exact) mass is 595 g/mol. The highest BCUT2D eigenvalue weighted by molar-refractivity contribution is 6.04. The number of fused-ring (bicyclic) bond motifs is 1. The van der Waals surface area contributed by atoms with Crippen LogP contribution >= 0.6 is 0 Å². The third kappa shape index (κ3) is 8.80. The molecule has 1 aromatic heterocycles. The van der Waals surface area contributed by atoms with E-state index in [9.17, 15) is 9.59 Å². The van der Waals surface area contributed by atoms with Crippen molar-refractivity contribution in [2.75, 3.05) is 33.0 Å². The van der Waals surface area contributed by atoms with Crippen molar-refractivity contribution in [1.82, 2.24) is 14.9 Å². The third-order valence-electron chi connectivity index (χ3n) is 6.59. The molecule has 0 aliphatic carbocycles. The van der Waals surface area contributed by atoms with Gasteiger partial charge < -0.3 is 29.0 Å². The van der Waals surface area contributed by atoms with Gasteiger partial charge in [0.05, 0.1) is 51.3 Å². The number of ketones is 1. The van der Waals surface area contributed by atoms with E-state index in [0.29, 0.717) is 67.3 Å². The average molecular weight is 596 g/mol. The SMILES string of the molecule is CCOc1nc2c(nc1OCC)C(=N)N(CC(=O)c1cc(OCCCC#N)c(OCCCCC(=O)O)c(C(C)(C)C)c1)C2. The molecular weight excluding hydrogens is 554 g/mol. The lowest BCUT2D eigenvalue weighted by molar-refractivity contribution is -0.137. The van der Waals surface area contributed by atoms with Crippen LogP contribution in [0.4, 0.5) is 0 Å². The number of amidine groups is 1. The van der Waals surface area contributed by atoms with E-state index < -0.39 is 11.4 Å². The maximum absolute atomic E-state index is 13.7. The Bertz CT molecular complexity index is 1360. The van der Waals surface area contributed by atoms with Gasteiger partial charge in [0, 0.05) is 24.0 Å². The summed E-state index contributed by atoms with van der Waals surface area (Å²) in [5.74, 6) is 0.349. The van der Waals surface area contributed by atoms with Crippen molar-refractivity contribution in [2.45, 2.75) is 78.7 Å². The van der Waals surface area contributed by atoms with Crippen molar-refractivity contribution in [1.29, 1.82) is 10.7 Å². The largest absolute Gasteiger partial charge is 0.490 e. The second kappa shape index (κ2) is 15.2. The number of carboxylic acid groups (broad SMARTS) is 1. The van der Waals surface area contributed by atoms with Crippen molar-refractivity contribution in [2.24, 2.45) is 0 Å². The van der Waals surface area contributed by atoms with Gasteiger partial charge >= 0.3 is 5.97 Å². The van der Waals surface area contributed by atoms with Crippen LogP contribution in [0.3, 0.4) is 0 Å². The van der Waals surface area contributed by atoms with Crippen molar-refractivity contribution in [3.8, 4) is 29.3 Å². The number of carbonyl (C=O) groups is 2. The Balaban J connectivity index is 1.88. The van der Waals surface area contributed by atoms with Crippen molar-refractivity contribution in [3.63, 3.8) is 0 Å². The summed E-state index contributed by atoms with van der Waals surface area (Å²) < 4.78 is 23.3. The number of nitrogens with zero attached hydrogens (tertiary/aromatic N) is 4. The Kier molecular flexibility index (Phi) is 11.7. The van der Waals surface area contributed by atoms with E-state index in [4.69, 9.17) is 34.7 Å². The topological polar surface area (TPSA) is 168 Å². The van der Waals surface area contributed by atoms with Crippen LogP contribution in [0.1, 0.15) is 94.0 Å². The molecule has 0 bridgehead atoms. The predicted molar refractivity (Wildman–Crippen MR) is 158 cm³/mol. The second-order valence-corrected chi connectivity index (χ2v) is 11.0. The molecule has 12 heteroatoms. The predicted octanol–water partition coefficient (Wildman–Crippen LogP) is 4.91. The fourth-order valence-corrected chi connectivity index (χ4v) is 4.47. The van der Waals surface area contributed by atoms with Gasteiger partial charge in [0.2, 0.25) is 0 Å². The van der Waals surface area contributed by atoms with Gasteiger partial charge in [-0.3, -0.25) is 15.0 Å². The molecule has 0 amide bonds. The molecule has 0 atom stereocenters. The first kappa shape index (κ1) is 33.1. The zero-order valence-electron chi connectivity index (χ0n) is 25.6. The molecule has 12 nitrogen and oxygen atoms in total. The third-order valence-corrected chi connectivity index (χ3v) is 6.59. The van der Waals surface area contributed by atoms with E-state index in [1.165, 1.54) is 0 Å². The van der Waals surface area contributed by atoms with Gasteiger partial charge in [0.1, 0.15) is 11.5 Å². The molecule has 1 aliphatic heterocycles. The van der Waals surface area contributed by atoms with Crippen LogP contribution in [0.2, 0.25) is 0 Å². The van der Waals surface area contributed by atoms with Crippen LogP contribution in [0.5, 0.6) is 23.3 Å². The van der Waals surface area contributed by atoms with Crippen LogP contribution in [0.15, 0.2) is 12.1 Å². The first-order chi connectivity index (χ1) is 20.5. The molecule has 0 saturated heterocycles. The number of rotatable bonds is 17. The summed E-state index contributed by atoms with van der Waals surface area (Å²) in [5.41, 5.74) is 1.62. The highest BCUT2D eigenvalue weighted by atomic mass is 16.5. The Hall–Kier alpha value is -4.40. The van der Waals surface area contributed by atoms with Crippen molar-refractivity contribution < 1.29 is 33.6 Å². The minimum atomic E-state index is -0.857. The van der Waals surface area contributed by atoms with Crippen LogP contribution in [0, 0.1) is 16.7 Å². The summed E-state index contributed by atoms with van der Waals surface area (Å²) in [6.45, 7) is 11.1. The summed E-state index contributed by atoms with van der Waals surface area (Å²) in [4.78, 5) is 35.2. The van der Waals surface area contributed by atoms with Gasteiger partial charge in [-0.15, -0.1) is 0 Å². The summed E-state index contributed by atoms with van der Waals surface area (Å²) in [6, 6.07) is 5.53. The summed E-state index contributed by atoms with van der Waals surface area (Å²) in [6.07, 6.45) is 1.90. The molecule has 2 aromatic rings. The number of ether oxygens (including phenoxy) is 4. The number of benzene rings is 1. The van der Waals surface area contributed by atoms with Gasteiger partial charge in [0.25, 0.3) is 11.8 Å². The lowest BCUT2D eigenvalue weighted by Crippen LogP contribution is -2.30. The number of nitriles is 1. The first-order valence-electron chi connectivity index (χ1n) is 14.6. The molecule has 2 heterocycles. The van der Waals surface area contributed by atoms with Crippen molar-refractivity contribution in [3.05, 3.63) is 34.6 Å². The number of hydrogen-bond acceptors (Lipinski definition) is 10. The standard InChI is InChI=1S/C31H41N5O7/c1-6-40-29-30(41-7-2)35-26-22(34-29)18-36(28(26)33)19-23(37)20-16-21(31(3,4)5)27(43-15-10-8-12-25(38)39)24(17-20)42-14-11-9-13-32/h16-17,33H,6-12,14-15,18-19H2,1-5H3,(H,38,39). The second-order valence-electron chi connectivity index (χ2n) is 11.0. The molecule has 232 valence electrons. The highest BCUT2D eigenvalue weighted by Gasteiger charge is 2.32. The minimum absolute atomic E-state index is 0.0563. The summed E-state index contributed by atoms with van der Waals surface area (Å²) in [7, 11) is 0. The highest BCUT2D eigenvalue weighted by Crippen LogP contribution is 2.40. The lowest BCUT2D eigenvalue weighted by atomic mass is 9.84. The van der Waals surface area contributed by atoms with Gasteiger partial charge in [-0.1, -0.05) is 20.8 Å². The number of aromatic nitrogens is 2. The van der Waals surface area contributed by atoms with E-state index in [1.54, 1.807) is 17.0 Å². The fraction of sp³-hybridized carbons (Fsp3) is 0.548. The molecule has 1 aliphatic rings. The molecule has 3 rings (SSSR count). The molecule has 0 fully saturated rings. The first-order valence-corrected chi connectivity index (χ1v) is 14.6. The normalized spacial score (nSPS) is 12.5. The minimum Gasteiger partial charge on any atom is -0.490 e. The molecule has 43 heavy (non-hydrogen) atoms. The Morgan fingerprint density at radius 2 is 1.70 bits per heavy atom. The molecule has 0 radical (unpaired) electrons. The van der Waals surface area contributed by atoms with Crippen LogP contribution in [-0.4, -0.2) is 70.5 Å². The molecule has 0 spiro atoms. The quantitative estimate of drug-likeness (QED) is 0.188. The van der Waals surface area contributed by atoms with Gasteiger partial charge in [0.15, 0.2) is 17.3 Å². The van der Waals surface area contributed by atoms with E-state index in [-0.39, 0.29) is 56.1 Å². The summed E-state index contributed by atoms with van der Waals surface area (Å²) >= 11 is 0. The molecule has 0 saturated carbocycles. The number of carboxylic acids is 1. The van der Waals surface area contributed by atoms with E-state index in [2.05, 4.69) is 16.0 Å². The molecule has 2 N–H and O–H groups in total. The van der Waals surface area contributed by atoms with Crippen LogP contribution in [-0.2, 0) is 16.8 Å². The van der Waals surface area contributed by atoms with E-state index >= 15 is 0 Å². The number of carbonyl (C=O) groups excluding carboxylic acids is 1. The van der Waals surface area contributed by atoms with Gasteiger partial charge in [-0.05, 0) is 50.7 Å². The maximum atomic E-state index is 13.7. The lowest BCUT2D eigenvalue weighted by Gasteiger charge is -2.26. The molecule has 0 unspecified atom stereocenters. The van der Waals surface area contributed by atoms with Crippen molar-refractivity contribution >= 4 is 17.6 Å². The number of aliphatic carboxylic acids is 1. The van der Waals surface area contributed by atoms with Crippen LogP contribution in [0.25, 0.3) is 0 Å². The van der Waals surface area contributed by atoms with Gasteiger partial charge in [-0.2, -0.15) is 5.26 Å². The number of unbranched alkanes of at least 4 members (excludes halogenated alkanes) is 2. The fourth-order valence-electron chi connectivity index (χ4n) is 4.47. The Labute approximate surface area is 252 Å². The number of hydrogen-bond donors (Lipinski definition) is 2. The molecule has 1 aromatic carbocycles. The van der Waals surface area contributed by atoms with E-state index in [1.807, 2.05) is 34.6 Å². The van der Waals surface area contributed by atoms with E-state index in [0.717, 1.165) is 5.56 Å². The zero-order valence-corrected chi connectivity index (χ0v) is 25.6. The maximum Gasteiger partial charge on any atom is 0.303 e. The Morgan fingerprint density at radius 1 is 1.02 bits per heavy atom. The zero-order chi connectivity index (χ0) is 31.6. The molecular formula is C31H41N5O7. The Morgan fingerprint density at radius 3 is 2.33 bits per heavy atom. The number of Topliss-reactive ketones (excluding diaryl/α,β-unsaturated/α-hetero) is 1. The summed E-state index contributed by atoms with van der Waals surface area (Å²) in [5, 5.41) is 26.6. The van der Waals surface area contributed by atoms with Gasteiger partial charge in [-0.25, -0.2) is 9.97 Å². The number of nitrogens with one attached hydrogen (secondary N) is 1. The van der Waals surface area contributed by atoms with Crippen LogP contribution < -0.4 is 18.9 Å². The average Bonchev–Trinajstić information content (AvgIpc) is 3.24.